The Bertz CT molecular complexity index is 1820. The molecular weight excluding hydrogens is 700 g/mol. The number of hydrogen-bond donors (Lipinski definition) is 0. The van der Waals surface area contributed by atoms with Crippen molar-refractivity contribution >= 4 is 35.2 Å². The lowest BCUT2D eigenvalue weighted by Gasteiger charge is -2.45. The number of imidazole rings is 1. The second kappa shape index (κ2) is 16.4. The summed E-state index contributed by atoms with van der Waals surface area (Å²) >= 11 is 13.0. The molecule has 2 heterocycles. The molecule has 274 valence electrons. The van der Waals surface area contributed by atoms with Crippen molar-refractivity contribution in [2.24, 2.45) is 0 Å². The normalized spacial score (nSPS) is 18.4. The Morgan fingerprint density at radius 3 is 2.23 bits per heavy atom. The van der Waals surface area contributed by atoms with Crippen molar-refractivity contribution in [1.29, 1.82) is 0 Å². The van der Waals surface area contributed by atoms with Gasteiger partial charge in [0.05, 0.1) is 18.1 Å². The molecule has 2 aliphatic carbocycles. The highest BCUT2D eigenvalue weighted by atomic mass is 35.5. The largest absolute Gasteiger partial charge is 0.446 e. The van der Waals surface area contributed by atoms with E-state index in [2.05, 4.69) is 22.0 Å². The minimum Gasteiger partial charge on any atom is -0.446 e. The smallest absolute Gasteiger partial charge is 0.410 e. The van der Waals surface area contributed by atoms with E-state index in [1.807, 2.05) is 46.9 Å². The molecule has 0 unspecified atom stereocenters. The number of aryl methyl sites for hydroxylation is 4. The van der Waals surface area contributed by atoms with Crippen LogP contribution in [0.25, 0.3) is 0 Å². The van der Waals surface area contributed by atoms with Gasteiger partial charge in [-0.2, -0.15) is 0 Å². The maximum atomic E-state index is 15.0. The molecule has 1 aliphatic heterocycles. The number of fused-ring (bicyclic) bond motifs is 2. The van der Waals surface area contributed by atoms with Crippen LogP contribution in [-0.4, -0.2) is 74.6 Å². The van der Waals surface area contributed by atoms with Gasteiger partial charge in [0, 0.05) is 55.5 Å². The van der Waals surface area contributed by atoms with Crippen molar-refractivity contribution in [2.45, 2.75) is 89.6 Å². The summed E-state index contributed by atoms with van der Waals surface area (Å²) in [6.45, 7) is 4.56. The molecule has 0 bridgehead atoms. The Kier molecular flexibility index (Phi) is 11.5. The van der Waals surface area contributed by atoms with E-state index < -0.39 is 12.1 Å². The highest BCUT2D eigenvalue weighted by Gasteiger charge is 2.42. The Hall–Kier alpha value is -3.92. The molecule has 3 aromatic carbocycles. The third-order valence-corrected chi connectivity index (χ3v) is 11.3. The van der Waals surface area contributed by atoms with Gasteiger partial charge in [0.25, 0.3) is 0 Å². The van der Waals surface area contributed by atoms with Gasteiger partial charge in [-0.1, -0.05) is 53.9 Å². The minimum atomic E-state index is -0.796. The molecule has 1 aromatic heterocycles. The van der Waals surface area contributed by atoms with E-state index in [-0.39, 0.29) is 30.4 Å². The quantitative estimate of drug-likeness (QED) is 0.172. The summed E-state index contributed by atoms with van der Waals surface area (Å²) in [6, 6.07) is 17.5. The summed E-state index contributed by atoms with van der Waals surface area (Å²) in [4.78, 5) is 39.2. The number of nitrogens with zero attached hydrogens (tertiary/aromatic N) is 5. The zero-order valence-electron chi connectivity index (χ0n) is 29.7. The van der Waals surface area contributed by atoms with Gasteiger partial charge in [-0.05, 0) is 116 Å². The molecule has 8 nitrogen and oxygen atoms in total. The Morgan fingerprint density at radius 1 is 0.923 bits per heavy atom. The van der Waals surface area contributed by atoms with Gasteiger partial charge in [-0.25, -0.2) is 14.2 Å². The number of hydrogen-bond acceptors (Lipinski definition) is 5. The van der Waals surface area contributed by atoms with Gasteiger partial charge in [-0.3, -0.25) is 14.6 Å². The van der Waals surface area contributed by atoms with Crippen LogP contribution >= 0.6 is 23.2 Å². The van der Waals surface area contributed by atoms with Crippen LogP contribution in [0.1, 0.15) is 78.1 Å². The fraction of sp³-hybridized carbons (Fsp3) is 0.439. The molecular formula is C41H46Cl2FN5O3. The first-order valence-electron chi connectivity index (χ1n) is 18.5. The molecule has 2 fully saturated rings. The number of rotatable bonds is 9. The van der Waals surface area contributed by atoms with E-state index in [4.69, 9.17) is 27.9 Å². The molecule has 0 spiro atoms. The first-order chi connectivity index (χ1) is 25.2. The fourth-order valence-electron chi connectivity index (χ4n) is 8.13. The van der Waals surface area contributed by atoms with E-state index >= 15 is 4.79 Å². The molecule has 1 saturated carbocycles. The first kappa shape index (κ1) is 36.4. The topological polar surface area (TPSA) is 70.9 Å². The standard InChI is InChI=1S/C41H46Cl2FN5O3/c1-28-24-46(27-45-28)18-5-19-48(25-29-8-14-34(44)15-9-29)40(50)38-26-47(20-21-49(38)41(51)52-35-6-3-2-4-7-35)39-36-16-12-32(42)22-30(36)10-11-31-23-33(43)13-17-37(31)39/h8-9,12-17,22-24,27,35,38-39H,2-7,10-11,18-21,25-26H2,1H3/t38-/m1/s1. The third kappa shape index (κ3) is 8.48. The van der Waals surface area contributed by atoms with Crippen molar-refractivity contribution in [3.8, 4) is 0 Å². The van der Waals surface area contributed by atoms with Crippen molar-refractivity contribution in [3.05, 3.63) is 123 Å². The Labute approximate surface area is 315 Å². The zero-order chi connectivity index (χ0) is 36.2. The molecule has 1 atom stereocenters. The van der Waals surface area contributed by atoms with E-state index in [9.17, 15) is 9.18 Å². The summed E-state index contributed by atoms with van der Waals surface area (Å²) in [5.41, 5.74) is 6.37. The van der Waals surface area contributed by atoms with Crippen LogP contribution in [0, 0.1) is 12.7 Å². The van der Waals surface area contributed by atoms with Crippen LogP contribution in [-0.2, 0) is 35.5 Å². The highest BCUT2D eigenvalue weighted by molar-refractivity contribution is 6.31. The molecule has 4 aromatic rings. The molecule has 3 aliphatic rings. The maximum Gasteiger partial charge on any atom is 0.410 e. The van der Waals surface area contributed by atoms with Crippen LogP contribution in [0.3, 0.4) is 0 Å². The lowest BCUT2D eigenvalue weighted by atomic mass is 9.92. The number of carbonyl (C=O) groups excluding carboxylic acids is 2. The average molecular weight is 747 g/mol. The first-order valence-corrected chi connectivity index (χ1v) is 19.3. The number of piperazine rings is 1. The highest BCUT2D eigenvalue weighted by Crippen LogP contribution is 2.40. The van der Waals surface area contributed by atoms with Gasteiger partial charge >= 0.3 is 6.09 Å². The summed E-state index contributed by atoms with van der Waals surface area (Å²) in [5.74, 6) is -0.485. The fourth-order valence-corrected chi connectivity index (χ4v) is 8.52. The van der Waals surface area contributed by atoms with E-state index in [1.165, 1.54) is 23.3 Å². The average Bonchev–Trinajstić information content (AvgIpc) is 3.49. The summed E-state index contributed by atoms with van der Waals surface area (Å²) < 4.78 is 22.1. The monoisotopic (exact) mass is 745 g/mol. The van der Waals surface area contributed by atoms with E-state index in [1.54, 1.807) is 23.4 Å². The van der Waals surface area contributed by atoms with Crippen LogP contribution in [0.5, 0.6) is 0 Å². The number of benzene rings is 3. The summed E-state index contributed by atoms with van der Waals surface area (Å²) in [5, 5.41) is 1.37. The summed E-state index contributed by atoms with van der Waals surface area (Å²) in [6.07, 6.45) is 10.4. The van der Waals surface area contributed by atoms with Gasteiger partial charge in [0.15, 0.2) is 0 Å². The number of halogens is 3. The van der Waals surface area contributed by atoms with E-state index in [0.29, 0.717) is 49.2 Å². The molecule has 0 N–H and O–H groups in total. The van der Waals surface area contributed by atoms with Crippen molar-refractivity contribution in [1.82, 2.24) is 24.3 Å². The number of carbonyl (C=O) groups is 2. The lowest BCUT2D eigenvalue weighted by molar-refractivity contribution is -0.140. The third-order valence-electron chi connectivity index (χ3n) is 10.8. The molecule has 0 radical (unpaired) electrons. The molecule has 1 saturated heterocycles. The number of ether oxygens (including phenoxy) is 1. The van der Waals surface area contributed by atoms with Gasteiger partial charge in [-0.15, -0.1) is 0 Å². The van der Waals surface area contributed by atoms with Crippen LogP contribution < -0.4 is 0 Å². The van der Waals surface area contributed by atoms with Gasteiger partial charge < -0.3 is 14.2 Å². The second-order valence-electron chi connectivity index (χ2n) is 14.4. The maximum absolute atomic E-state index is 15.0. The Balaban J connectivity index is 1.22. The number of aromatic nitrogens is 2. The lowest BCUT2D eigenvalue weighted by Crippen LogP contribution is -2.62. The predicted molar refractivity (Wildman–Crippen MR) is 201 cm³/mol. The van der Waals surface area contributed by atoms with Crippen LogP contribution in [0.15, 0.2) is 73.2 Å². The molecule has 52 heavy (non-hydrogen) atoms. The van der Waals surface area contributed by atoms with Crippen LogP contribution in [0.4, 0.5) is 9.18 Å². The second-order valence-corrected chi connectivity index (χ2v) is 15.3. The van der Waals surface area contributed by atoms with Crippen molar-refractivity contribution in [2.75, 3.05) is 26.2 Å². The number of amides is 2. The van der Waals surface area contributed by atoms with E-state index in [0.717, 1.165) is 67.3 Å². The molecule has 11 heteroatoms. The molecule has 7 rings (SSSR count). The SMILES string of the molecule is Cc1cn(CCCN(Cc2ccc(F)cc2)C(=O)[C@H]2CN(C3c4ccc(Cl)cc4CCc4cc(Cl)ccc43)CCN2C(=O)OC2CCCCC2)cn1. The van der Waals surface area contributed by atoms with Crippen LogP contribution in [0.2, 0.25) is 10.0 Å². The molecule has 2 amide bonds. The minimum absolute atomic E-state index is 0.140. The zero-order valence-corrected chi connectivity index (χ0v) is 31.2. The Morgan fingerprint density at radius 2 is 1.60 bits per heavy atom. The van der Waals surface area contributed by atoms with Crippen molar-refractivity contribution in [3.63, 3.8) is 0 Å². The summed E-state index contributed by atoms with van der Waals surface area (Å²) in [7, 11) is 0. The predicted octanol–water partition coefficient (Wildman–Crippen LogP) is 8.40. The van der Waals surface area contributed by atoms with Gasteiger partial charge in [0.1, 0.15) is 18.0 Å². The van der Waals surface area contributed by atoms with Crippen molar-refractivity contribution < 1.29 is 18.7 Å². The van der Waals surface area contributed by atoms with Gasteiger partial charge in [0.2, 0.25) is 5.91 Å².